The van der Waals surface area contributed by atoms with Gasteiger partial charge >= 0.3 is 0 Å². The molecule has 0 N–H and O–H groups in total. The molecule has 0 aliphatic heterocycles. The Balaban J connectivity index is 0. The van der Waals surface area contributed by atoms with Crippen molar-refractivity contribution >= 4 is 0 Å². The van der Waals surface area contributed by atoms with Crippen molar-refractivity contribution in [3.63, 3.8) is 0 Å². The van der Waals surface area contributed by atoms with Crippen LogP contribution in [0.3, 0.4) is 0 Å². The molecule has 0 heterocycles. The number of quaternary nitrogens is 1. The number of hydrogen-bond donors (Lipinski definition) is 0. The predicted octanol–water partition coefficient (Wildman–Crippen LogP) is -1.50. The van der Waals surface area contributed by atoms with E-state index in [2.05, 4.69) is 41.9 Å². The lowest BCUT2D eigenvalue weighted by Crippen LogP contribution is -3.00. The van der Waals surface area contributed by atoms with Gasteiger partial charge in [-0.2, -0.15) is 0 Å². The van der Waals surface area contributed by atoms with Gasteiger partial charge in [-0.3, -0.25) is 0 Å². The van der Waals surface area contributed by atoms with E-state index in [4.69, 9.17) is 0 Å². The molecule has 0 saturated carbocycles. The number of hydrogen-bond acceptors (Lipinski definition) is 0. The molecule has 0 bridgehead atoms. The second-order valence-electron chi connectivity index (χ2n) is 4.18. The molecule has 0 aliphatic carbocycles. The largest absolute Gasteiger partial charge is 1.00 e. The Morgan fingerprint density at radius 3 is 1.00 bits per heavy atom. The van der Waals surface area contributed by atoms with E-state index in [0.717, 1.165) is 4.48 Å². The molecular formula is C7H18BrN. The summed E-state index contributed by atoms with van der Waals surface area (Å²) >= 11 is 0. The molecule has 9 heavy (non-hydrogen) atoms. The van der Waals surface area contributed by atoms with Gasteiger partial charge in [0, 0.05) is 0 Å². The second kappa shape index (κ2) is 3.02. The third-order valence-corrected chi connectivity index (χ3v) is 2.01. The van der Waals surface area contributed by atoms with Gasteiger partial charge in [-0.15, -0.1) is 0 Å². The molecule has 0 aromatic rings. The fourth-order valence-electron chi connectivity index (χ4n) is 0. The summed E-state index contributed by atoms with van der Waals surface area (Å²) in [5, 5.41) is 0. The molecule has 0 aromatic heterocycles. The third-order valence-electron chi connectivity index (χ3n) is 2.01. The van der Waals surface area contributed by atoms with Crippen molar-refractivity contribution in [2.45, 2.75) is 26.3 Å². The van der Waals surface area contributed by atoms with Crippen LogP contribution in [-0.2, 0) is 0 Å². The second-order valence-corrected chi connectivity index (χ2v) is 4.18. The lowest BCUT2D eigenvalue weighted by Gasteiger charge is -2.38. The Morgan fingerprint density at radius 1 is 0.889 bits per heavy atom. The summed E-state index contributed by atoms with van der Waals surface area (Å²) in [7, 11) is 6.62. The molecule has 1 nitrogen and oxygen atoms in total. The van der Waals surface area contributed by atoms with Gasteiger partial charge in [0.05, 0.1) is 26.7 Å². The van der Waals surface area contributed by atoms with Crippen molar-refractivity contribution in [3.8, 4) is 0 Å². The molecule has 0 radical (unpaired) electrons. The minimum atomic E-state index is 0. The monoisotopic (exact) mass is 195 g/mol. The lowest BCUT2D eigenvalue weighted by molar-refractivity contribution is -0.917. The summed E-state index contributed by atoms with van der Waals surface area (Å²) in [5.41, 5.74) is 0.375. The predicted molar refractivity (Wildman–Crippen MR) is 37.8 cm³/mol. The topological polar surface area (TPSA) is 0 Å². The first-order valence-electron chi connectivity index (χ1n) is 3.07. The molecular weight excluding hydrogens is 178 g/mol. The maximum absolute atomic E-state index is 2.24. The van der Waals surface area contributed by atoms with Gasteiger partial charge in [-0.25, -0.2) is 0 Å². The molecule has 0 atom stereocenters. The minimum absolute atomic E-state index is 0. The fourth-order valence-corrected chi connectivity index (χ4v) is 0. The smallest absolute Gasteiger partial charge is 0.0901 e. The van der Waals surface area contributed by atoms with Crippen LogP contribution in [0.25, 0.3) is 0 Å². The Kier molecular flexibility index (Phi) is 4.07. The SMILES string of the molecule is CC(C)(C)[N+](C)(C)C.[Br-]. The van der Waals surface area contributed by atoms with Gasteiger partial charge in [0.2, 0.25) is 0 Å². The first-order chi connectivity index (χ1) is 3.25. The van der Waals surface area contributed by atoms with Crippen LogP contribution in [0.4, 0.5) is 0 Å². The standard InChI is InChI=1S/C7H18N.BrH/c1-7(2,3)8(4,5)6;/h1-6H3;1H/q+1;/p-1. The zero-order valence-electron chi connectivity index (χ0n) is 7.33. The first-order valence-corrected chi connectivity index (χ1v) is 3.07. The van der Waals surface area contributed by atoms with E-state index in [-0.39, 0.29) is 17.0 Å². The lowest BCUT2D eigenvalue weighted by atomic mass is 10.1. The summed E-state index contributed by atoms with van der Waals surface area (Å²) in [5.74, 6) is 0. The van der Waals surface area contributed by atoms with Crippen molar-refractivity contribution in [1.29, 1.82) is 0 Å². The van der Waals surface area contributed by atoms with E-state index in [0.29, 0.717) is 5.54 Å². The van der Waals surface area contributed by atoms with E-state index >= 15 is 0 Å². The molecule has 0 fully saturated rings. The van der Waals surface area contributed by atoms with Gasteiger partial charge in [0.15, 0.2) is 0 Å². The van der Waals surface area contributed by atoms with Crippen molar-refractivity contribution < 1.29 is 21.5 Å². The van der Waals surface area contributed by atoms with E-state index < -0.39 is 0 Å². The van der Waals surface area contributed by atoms with Crippen LogP contribution in [-0.4, -0.2) is 31.2 Å². The van der Waals surface area contributed by atoms with Crippen LogP contribution in [0.2, 0.25) is 0 Å². The fraction of sp³-hybridized carbons (Fsp3) is 1.00. The van der Waals surface area contributed by atoms with Crippen molar-refractivity contribution in [2.24, 2.45) is 0 Å². The van der Waals surface area contributed by atoms with Crippen LogP contribution < -0.4 is 17.0 Å². The summed E-state index contributed by atoms with van der Waals surface area (Å²) in [6.45, 7) is 6.73. The summed E-state index contributed by atoms with van der Waals surface area (Å²) < 4.78 is 1.02. The molecule has 0 rings (SSSR count). The van der Waals surface area contributed by atoms with Crippen LogP contribution >= 0.6 is 0 Å². The molecule has 0 aromatic carbocycles. The van der Waals surface area contributed by atoms with Gasteiger partial charge in [-0.1, -0.05) is 0 Å². The van der Waals surface area contributed by atoms with Crippen LogP contribution in [0.1, 0.15) is 20.8 Å². The van der Waals surface area contributed by atoms with Crippen LogP contribution in [0.5, 0.6) is 0 Å². The highest BCUT2D eigenvalue weighted by molar-refractivity contribution is 4.57. The van der Waals surface area contributed by atoms with E-state index in [1.807, 2.05) is 0 Å². The number of nitrogens with zero attached hydrogens (tertiary/aromatic N) is 1. The third kappa shape index (κ3) is 3.93. The highest BCUT2D eigenvalue weighted by Crippen LogP contribution is 2.14. The zero-order valence-corrected chi connectivity index (χ0v) is 8.91. The molecule has 0 unspecified atom stereocenters. The van der Waals surface area contributed by atoms with Crippen molar-refractivity contribution in [1.82, 2.24) is 0 Å². The quantitative estimate of drug-likeness (QED) is 0.413. The Bertz CT molecular complexity index is 63.9. The minimum Gasteiger partial charge on any atom is -1.00 e. The normalized spacial score (nSPS) is 12.7. The average molecular weight is 196 g/mol. The maximum atomic E-state index is 2.24. The van der Waals surface area contributed by atoms with E-state index in [1.165, 1.54) is 0 Å². The Labute approximate surface area is 69.4 Å². The molecule has 0 aliphatic rings. The summed E-state index contributed by atoms with van der Waals surface area (Å²) in [6, 6.07) is 0. The molecule has 0 spiro atoms. The summed E-state index contributed by atoms with van der Waals surface area (Å²) in [4.78, 5) is 0. The van der Waals surface area contributed by atoms with Gasteiger partial charge in [-0.05, 0) is 20.8 Å². The van der Waals surface area contributed by atoms with Crippen molar-refractivity contribution in [3.05, 3.63) is 0 Å². The highest BCUT2D eigenvalue weighted by atomic mass is 79.9. The Morgan fingerprint density at radius 2 is 1.00 bits per heavy atom. The van der Waals surface area contributed by atoms with E-state index in [1.54, 1.807) is 0 Å². The van der Waals surface area contributed by atoms with Gasteiger partial charge in [0.25, 0.3) is 0 Å². The maximum Gasteiger partial charge on any atom is 0.0901 e. The van der Waals surface area contributed by atoms with Gasteiger partial charge in [0.1, 0.15) is 0 Å². The summed E-state index contributed by atoms with van der Waals surface area (Å²) in [6.07, 6.45) is 0. The first kappa shape index (κ1) is 12.1. The molecule has 58 valence electrons. The molecule has 0 amide bonds. The molecule has 0 saturated heterocycles. The van der Waals surface area contributed by atoms with Crippen molar-refractivity contribution in [2.75, 3.05) is 21.1 Å². The van der Waals surface area contributed by atoms with Gasteiger partial charge < -0.3 is 21.5 Å². The highest BCUT2D eigenvalue weighted by Gasteiger charge is 2.25. The van der Waals surface area contributed by atoms with E-state index in [9.17, 15) is 0 Å². The molecule has 2 heteroatoms. The van der Waals surface area contributed by atoms with Crippen LogP contribution in [0, 0.1) is 0 Å². The number of rotatable bonds is 0. The zero-order chi connectivity index (χ0) is 7.00. The average Bonchev–Trinajstić information content (AvgIpc) is 1.25. The van der Waals surface area contributed by atoms with Crippen LogP contribution in [0.15, 0.2) is 0 Å². The Hall–Kier alpha value is 0.440. The number of halogens is 1.